The van der Waals surface area contributed by atoms with Gasteiger partial charge in [-0.2, -0.15) is 5.10 Å². The number of anilines is 1. The van der Waals surface area contributed by atoms with Crippen molar-refractivity contribution in [3.05, 3.63) is 80.7 Å². The molecule has 0 heterocycles. The number of rotatable bonds is 10. The second kappa shape index (κ2) is 12.9. The molecule has 0 aliphatic heterocycles. The van der Waals surface area contributed by atoms with Crippen LogP contribution in [0.3, 0.4) is 0 Å². The van der Waals surface area contributed by atoms with E-state index in [1.807, 2.05) is 25.1 Å². The Morgan fingerprint density at radius 2 is 1.69 bits per heavy atom. The van der Waals surface area contributed by atoms with E-state index in [9.17, 15) is 9.59 Å². The first-order valence-corrected chi connectivity index (χ1v) is 12.1. The van der Waals surface area contributed by atoms with Crippen LogP contribution >= 0.6 is 31.9 Å². The van der Waals surface area contributed by atoms with Crippen LogP contribution in [0.1, 0.15) is 22.8 Å². The van der Waals surface area contributed by atoms with Crippen LogP contribution in [0.15, 0.2) is 74.7 Å². The molecule has 0 atom stereocenters. The molecule has 10 heteroatoms. The predicted molar refractivity (Wildman–Crippen MR) is 142 cm³/mol. The molecule has 3 rings (SSSR count). The van der Waals surface area contributed by atoms with Gasteiger partial charge in [0.25, 0.3) is 11.8 Å². The number of hydrogen-bond acceptors (Lipinski definition) is 6. The van der Waals surface area contributed by atoms with Crippen molar-refractivity contribution in [1.82, 2.24) is 5.43 Å². The lowest BCUT2D eigenvalue weighted by atomic mass is 10.2. The van der Waals surface area contributed by atoms with Crippen LogP contribution in [-0.2, 0) is 4.79 Å². The highest BCUT2D eigenvalue weighted by Gasteiger charge is 2.13. The Bertz CT molecular complexity index is 1200. The third-order valence-electron chi connectivity index (χ3n) is 4.53. The third-order valence-corrected chi connectivity index (χ3v) is 5.71. The maximum atomic E-state index is 12.5. The summed E-state index contributed by atoms with van der Waals surface area (Å²) in [4.78, 5) is 24.6. The van der Waals surface area contributed by atoms with Gasteiger partial charge in [0, 0.05) is 11.3 Å². The Morgan fingerprint density at radius 1 is 0.971 bits per heavy atom. The van der Waals surface area contributed by atoms with E-state index in [1.165, 1.54) is 13.3 Å². The van der Waals surface area contributed by atoms with Crippen molar-refractivity contribution >= 4 is 55.6 Å². The van der Waals surface area contributed by atoms with Crippen molar-refractivity contribution in [3.8, 4) is 17.2 Å². The largest absolute Gasteiger partial charge is 0.493 e. The smallest absolute Gasteiger partial charge is 0.271 e. The van der Waals surface area contributed by atoms with Crippen molar-refractivity contribution in [2.45, 2.75) is 6.92 Å². The lowest BCUT2D eigenvalue weighted by molar-refractivity contribution is -0.118. The molecule has 3 aromatic rings. The zero-order valence-electron chi connectivity index (χ0n) is 19.0. The molecule has 0 spiro atoms. The predicted octanol–water partition coefficient (Wildman–Crippen LogP) is 5.40. The molecular formula is C25H23Br2N3O5. The number of benzene rings is 3. The number of ether oxygens (including phenoxy) is 3. The number of hydrogen-bond donors (Lipinski definition) is 2. The van der Waals surface area contributed by atoms with E-state index >= 15 is 0 Å². The Balaban J connectivity index is 1.60. The Morgan fingerprint density at radius 3 is 2.34 bits per heavy atom. The minimum atomic E-state index is -0.396. The van der Waals surface area contributed by atoms with E-state index in [1.54, 1.807) is 42.5 Å². The zero-order chi connectivity index (χ0) is 25.2. The van der Waals surface area contributed by atoms with Crippen molar-refractivity contribution in [3.63, 3.8) is 0 Å². The first-order valence-electron chi connectivity index (χ1n) is 10.5. The topological polar surface area (TPSA) is 98.3 Å². The maximum absolute atomic E-state index is 12.5. The van der Waals surface area contributed by atoms with E-state index < -0.39 is 5.91 Å². The highest BCUT2D eigenvalue weighted by Crippen LogP contribution is 2.34. The molecule has 35 heavy (non-hydrogen) atoms. The quantitative estimate of drug-likeness (QED) is 0.238. The zero-order valence-corrected chi connectivity index (χ0v) is 22.2. The number of nitrogens with zero attached hydrogens (tertiary/aromatic N) is 1. The molecule has 0 saturated heterocycles. The SMILES string of the molecule is CCOc1cc(C(=O)N/N=C/c2cc(Br)c(OCC(=O)Nc3ccccc3)c(Br)c2)ccc1OC. The molecule has 0 aliphatic rings. The van der Waals surface area contributed by atoms with Crippen molar-refractivity contribution < 1.29 is 23.8 Å². The van der Waals surface area contributed by atoms with Gasteiger partial charge < -0.3 is 19.5 Å². The third kappa shape index (κ3) is 7.56. The molecule has 0 unspecified atom stereocenters. The molecule has 2 amide bonds. The van der Waals surface area contributed by atoms with E-state index in [-0.39, 0.29) is 12.5 Å². The van der Waals surface area contributed by atoms with E-state index in [0.29, 0.717) is 49.6 Å². The van der Waals surface area contributed by atoms with Crippen LogP contribution in [0.5, 0.6) is 17.2 Å². The van der Waals surface area contributed by atoms with Crippen LogP contribution in [0, 0.1) is 0 Å². The number of methoxy groups -OCH3 is 1. The lowest BCUT2D eigenvalue weighted by Crippen LogP contribution is -2.20. The summed E-state index contributed by atoms with van der Waals surface area (Å²) in [6.07, 6.45) is 1.49. The van der Waals surface area contributed by atoms with Gasteiger partial charge in [0.05, 0.1) is 28.9 Å². The second-order valence-electron chi connectivity index (χ2n) is 7.01. The van der Waals surface area contributed by atoms with E-state index in [4.69, 9.17) is 14.2 Å². The van der Waals surface area contributed by atoms with Crippen molar-refractivity contribution in [2.24, 2.45) is 5.10 Å². The van der Waals surface area contributed by atoms with Crippen LogP contribution in [0.2, 0.25) is 0 Å². The summed E-state index contributed by atoms with van der Waals surface area (Å²) in [7, 11) is 1.54. The molecule has 2 N–H and O–H groups in total. The number of nitrogens with one attached hydrogen (secondary N) is 2. The number of halogens is 2. The van der Waals surface area contributed by atoms with Crippen LogP contribution in [0.4, 0.5) is 5.69 Å². The Hall–Kier alpha value is -3.37. The maximum Gasteiger partial charge on any atom is 0.271 e. The van der Waals surface area contributed by atoms with Gasteiger partial charge >= 0.3 is 0 Å². The fraction of sp³-hybridized carbons (Fsp3) is 0.160. The Labute approximate surface area is 219 Å². The fourth-order valence-corrected chi connectivity index (χ4v) is 4.42. The van der Waals surface area contributed by atoms with Gasteiger partial charge in [-0.25, -0.2) is 5.43 Å². The summed E-state index contributed by atoms with van der Waals surface area (Å²) in [5, 5.41) is 6.79. The number of para-hydroxylation sites is 1. The number of carbonyl (C=O) groups is 2. The molecular weight excluding hydrogens is 582 g/mol. The summed E-state index contributed by atoms with van der Waals surface area (Å²) in [5.74, 6) is 0.812. The van der Waals surface area contributed by atoms with Crippen molar-refractivity contribution in [2.75, 3.05) is 25.6 Å². The molecule has 0 fully saturated rings. The fourth-order valence-electron chi connectivity index (χ4n) is 2.96. The van der Waals surface area contributed by atoms with E-state index in [2.05, 4.69) is 47.7 Å². The molecule has 0 bridgehead atoms. The standard InChI is InChI=1S/C25H23Br2N3O5/c1-3-34-22-13-17(9-10-21(22)33-2)25(32)30-28-14-16-11-19(26)24(20(27)12-16)35-15-23(31)29-18-7-5-4-6-8-18/h4-14H,3,15H2,1-2H3,(H,29,31)(H,30,32)/b28-14+. The molecule has 0 saturated carbocycles. The lowest BCUT2D eigenvalue weighted by Gasteiger charge is -2.11. The molecule has 3 aromatic carbocycles. The van der Waals surface area contributed by atoms with Gasteiger partial charge in [0.2, 0.25) is 0 Å². The van der Waals surface area contributed by atoms with Gasteiger partial charge in [-0.15, -0.1) is 0 Å². The second-order valence-corrected chi connectivity index (χ2v) is 8.72. The number of carbonyl (C=O) groups excluding carboxylic acids is 2. The minimum Gasteiger partial charge on any atom is -0.493 e. The molecule has 0 aliphatic carbocycles. The minimum absolute atomic E-state index is 0.165. The monoisotopic (exact) mass is 603 g/mol. The highest BCUT2D eigenvalue weighted by atomic mass is 79.9. The summed E-state index contributed by atoms with van der Waals surface area (Å²) in [5.41, 5.74) is 4.25. The first kappa shape index (κ1) is 26.2. The summed E-state index contributed by atoms with van der Waals surface area (Å²) < 4.78 is 17.6. The van der Waals surface area contributed by atoms with Gasteiger partial charge in [-0.05, 0) is 86.8 Å². The normalized spacial score (nSPS) is 10.6. The molecule has 0 radical (unpaired) electrons. The summed E-state index contributed by atoms with van der Waals surface area (Å²) in [6.45, 7) is 2.13. The summed E-state index contributed by atoms with van der Waals surface area (Å²) in [6, 6.07) is 17.5. The summed E-state index contributed by atoms with van der Waals surface area (Å²) >= 11 is 6.89. The average molecular weight is 605 g/mol. The Kier molecular flexibility index (Phi) is 9.68. The van der Waals surface area contributed by atoms with Gasteiger partial charge in [0.15, 0.2) is 18.1 Å². The molecule has 0 aromatic heterocycles. The molecule has 8 nitrogen and oxygen atoms in total. The van der Waals surface area contributed by atoms with Gasteiger partial charge in [-0.1, -0.05) is 18.2 Å². The van der Waals surface area contributed by atoms with Gasteiger partial charge in [0.1, 0.15) is 5.75 Å². The van der Waals surface area contributed by atoms with Crippen LogP contribution in [0.25, 0.3) is 0 Å². The first-order chi connectivity index (χ1) is 16.9. The van der Waals surface area contributed by atoms with Crippen LogP contribution < -0.4 is 25.0 Å². The number of hydrazone groups is 1. The van der Waals surface area contributed by atoms with Crippen LogP contribution in [-0.4, -0.2) is 38.4 Å². The van der Waals surface area contributed by atoms with Crippen molar-refractivity contribution in [1.29, 1.82) is 0 Å². The average Bonchev–Trinajstić information content (AvgIpc) is 2.84. The van der Waals surface area contributed by atoms with Gasteiger partial charge in [-0.3, -0.25) is 9.59 Å². The van der Waals surface area contributed by atoms with E-state index in [0.717, 1.165) is 0 Å². The highest BCUT2D eigenvalue weighted by molar-refractivity contribution is 9.11. The molecule has 182 valence electrons. The number of amides is 2.